The molecule has 1 N–H and O–H groups in total. The summed E-state index contributed by atoms with van der Waals surface area (Å²) in [5.41, 5.74) is 1.32. The summed E-state index contributed by atoms with van der Waals surface area (Å²) in [5, 5.41) is 3.75. The minimum absolute atomic E-state index is 0.129. The molecule has 0 saturated heterocycles. The maximum Gasteiger partial charge on any atom is 0.242 e. The molecule has 4 nitrogen and oxygen atoms in total. The molecule has 0 aromatic heterocycles. The molecule has 0 aliphatic heterocycles. The average Bonchev–Trinajstić information content (AvgIpc) is 2.75. The number of carbonyl (C=O) groups is 2. The molecule has 32 heavy (non-hydrogen) atoms. The van der Waals surface area contributed by atoms with Crippen molar-refractivity contribution >= 4 is 46.8 Å². The first kappa shape index (κ1) is 26.5. The van der Waals surface area contributed by atoms with E-state index in [-0.39, 0.29) is 29.9 Å². The van der Waals surface area contributed by atoms with Crippen molar-refractivity contribution in [2.45, 2.75) is 45.5 Å². The second-order valence-corrected chi connectivity index (χ2v) is 9.72. The van der Waals surface area contributed by atoms with Crippen LogP contribution in [0, 0.1) is 11.7 Å². The number of amides is 2. The van der Waals surface area contributed by atoms with Gasteiger partial charge >= 0.3 is 0 Å². The second-order valence-electron chi connectivity index (χ2n) is 7.92. The highest BCUT2D eigenvalue weighted by Crippen LogP contribution is 2.25. The van der Waals surface area contributed by atoms with Crippen LogP contribution in [-0.4, -0.2) is 35.1 Å². The molecular weight excluding hydrogens is 470 g/mol. The Labute approximate surface area is 203 Å². The lowest BCUT2D eigenvalue weighted by atomic mass is 10.1. The number of hydrogen-bond donors (Lipinski definition) is 1. The van der Waals surface area contributed by atoms with Gasteiger partial charge in [-0.3, -0.25) is 9.59 Å². The van der Waals surface area contributed by atoms with E-state index in [1.165, 1.54) is 17.8 Å². The number of halogens is 3. The molecule has 0 radical (unpaired) electrons. The second kappa shape index (κ2) is 13.1. The van der Waals surface area contributed by atoms with E-state index in [0.717, 1.165) is 5.56 Å². The summed E-state index contributed by atoms with van der Waals surface area (Å²) in [6.07, 6.45) is 0.467. The summed E-state index contributed by atoms with van der Waals surface area (Å²) < 4.78 is 13.9. The lowest BCUT2D eigenvalue weighted by Gasteiger charge is -2.31. The summed E-state index contributed by atoms with van der Waals surface area (Å²) in [4.78, 5) is 27.6. The van der Waals surface area contributed by atoms with Crippen molar-refractivity contribution < 1.29 is 14.0 Å². The Morgan fingerprint density at radius 3 is 2.47 bits per heavy atom. The highest BCUT2D eigenvalue weighted by Gasteiger charge is 2.28. The minimum Gasteiger partial charge on any atom is -0.354 e. The van der Waals surface area contributed by atoms with Gasteiger partial charge in [-0.25, -0.2) is 4.39 Å². The van der Waals surface area contributed by atoms with Crippen molar-refractivity contribution in [2.24, 2.45) is 5.92 Å². The lowest BCUT2D eigenvalue weighted by molar-refractivity contribution is -0.139. The normalized spacial score (nSPS) is 12.0. The van der Waals surface area contributed by atoms with Gasteiger partial charge < -0.3 is 10.2 Å². The van der Waals surface area contributed by atoms with E-state index in [4.69, 9.17) is 23.2 Å². The smallest absolute Gasteiger partial charge is 0.242 e. The van der Waals surface area contributed by atoms with Crippen LogP contribution in [0.15, 0.2) is 42.5 Å². The molecule has 1 unspecified atom stereocenters. The highest BCUT2D eigenvalue weighted by atomic mass is 35.5. The minimum atomic E-state index is -0.621. The first-order chi connectivity index (χ1) is 15.2. The van der Waals surface area contributed by atoms with Gasteiger partial charge in [-0.2, -0.15) is 0 Å². The van der Waals surface area contributed by atoms with Crippen LogP contribution in [-0.2, 0) is 21.9 Å². The van der Waals surface area contributed by atoms with E-state index in [0.29, 0.717) is 40.2 Å². The van der Waals surface area contributed by atoms with Crippen molar-refractivity contribution in [3.05, 3.63) is 69.5 Å². The van der Waals surface area contributed by atoms with Gasteiger partial charge in [0.2, 0.25) is 11.8 Å². The third kappa shape index (κ3) is 7.98. The van der Waals surface area contributed by atoms with Crippen LogP contribution in [0.4, 0.5) is 4.39 Å². The van der Waals surface area contributed by atoms with Crippen LogP contribution in [0.1, 0.15) is 38.3 Å². The van der Waals surface area contributed by atoms with Crippen LogP contribution in [0.2, 0.25) is 10.0 Å². The number of nitrogens with one attached hydrogen (secondary N) is 1. The Kier molecular flexibility index (Phi) is 10.8. The molecule has 1 atom stereocenters. The van der Waals surface area contributed by atoms with E-state index >= 15 is 0 Å². The van der Waals surface area contributed by atoms with Crippen LogP contribution in [0.25, 0.3) is 0 Å². The maximum absolute atomic E-state index is 13.9. The molecule has 174 valence electrons. The van der Waals surface area contributed by atoms with Gasteiger partial charge in [-0.15, -0.1) is 11.8 Å². The molecule has 0 spiro atoms. The number of hydrogen-bond acceptors (Lipinski definition) is 3. The van der Waals surface area contributed by atoms with Gasteiger partial charge in [-0.05, 0) is 41.7 Å². The number of nitrogens with zero attached hydrogens (tertiary/aromatic N) is 1. The Morgan fingerprint density at radius 2 is 1.84 bits per heavy atom. The Hall–Kier alpha value is -1.76. The number of thioether (sulfide) groups is 1. The van der Waals surface area contributed by atoms with Gasteiger partial charge in [0.1, 0.15) is 11.9 Å². The van der Waals surface area contributed by atoms with E-state index in [2.05, 4.69) is 5.32 Å². The molecular formula is C24H29Cl2FN2O2S. The molecule has 0 aliphatic carbocycles. The summed E-state index contributed by atoms with van der Waals surface area (Å²) in [7, 11) is 0. The van der Waals surface area contributed by atoms with Crippen molar-refractivity contribution in [2.75, 3.05) is 12.3 Å². The fourth-order valence-electron chi connectivity index (χ4n) is 3.12. The summed E-state index contributed by atoms with van der Waals surface area (Å²) >= 11 is 13.5. The Morgan fingerprint density at radius 1 is 1.12 bits per heavy atom. The Bertz CT molecular complexity index is 927. The monoisotopic (exact) mass is 498 g/mol. The largest absolute Gasteiger partial charge is 0.354 e. The molecule has 0 bridgehead atoms. The van der Waals surface area contributed by atoms with Crippen LogP contribution in [0.3, 0.4) is 0 Å². The Balaban J connectivity index is 2.16. The van der Waals surface area contributed by atoms with Crippen molar-refractivity contribution in [1.29, 1.82) is 0 Å². The van der Waals surface area contributed by atoms with Crippen LogP contribution in [0.5, 0.6) is 0 Å². The van der Waals surface area contributed by atoms with Gasteiger partial charge in [-0.1, -0.05) is 68.2 Å². The van der Waals surface area contributed by atoms with Crippen LogP contribution >= 0.6 is 35.0 Å². The van der Waals surface area contributed by atoms with Gasteiger partial charge in [0.15, 0.2) is 0 Å². The summed E-state index contributed by atoms with van der Waals surface area (Å²) in [5.74, 6) is 0.128. The average molecular weight is 499 g/mol. The molecule has 2 rings (SSSR count). The van der Waals surface area contributed by atoms with E-state index in [1.54, 1.807) is 41.3 Å². The molecule has 2 aromatic carbocycles. The molecule has 0 fully saturated rings. The third-order valence-electron chi connectivity index (χ3n) is 4.85. The fraction of sp³-hybridized carbons (Fsp3) is 0.417. The zero-order chi connectivity index (χ0) is 23.7. The van der Waals surface area contributed by atoms with Crippen molar-refractivity contribution in [3.8, 4) is 0 Å². The highest BCUT2D eigenvalue weighted by molar-refractivity contribution is 7.99. The molecule has 0 saturated carbocycles. The number of carbonyl (C=O) groups excluding carboxylic acids is 2. The number of rotatable bonds is 11. The molecule has 0 aliphatic rings. The molecule has 2 amide bonds. The van der Waals surface area contributed by atoms with Crippen molar-refractivity contribution in [1.82, 2.24) is 10.2 Å². The maximum atomic E-state index is 13.9. The van der Waals surface area contributed by atoms with E-state index in [9.17, 15) is 14.0 Å². The van der Waals surface area contributed by atoms with Crippen LogP contribution < -0.4 is 5.32 Å². The van der Waals surface area contributed by atoms with Crippen molar-refractivity contribution in [3.63, 3.8) is 0 Å². The van der Waals surface area contributed by atoms with Gasteiger partial charge in [0.05, 0.1) is 15.8 Å². The quantitative estimate of drug-likeness (QED) is 0.416. The van der Waals surface area contributed by atoms with Gasteiger partial charge in [0, 0.05) is 18.8 Å². The SMILES string of the molecule is CCC(C(=O)NCC(C)C)N(Cc1ccc(Cl)c(Cl)c1)C(=O)CSCc1ccccc1F. The number of benzene rings is 2. The zero-order valence-electron chi connectivity index (χ0n) is 18.5. The molecule has 2 aromatic rings. The molecule has 0 heterocycles. The first-order valence-corrected chi connectivity index (χ1v) is 12.5. The van der Waals surface area contributed by atoms with Gasteiger partial charge in [0.25, 0.3) is 0 Å². The van der Waals surface area contributed by atoms with E-state index in [1.807, 2.05) is 20.8 Å². The topological polar surface area (TPSA) is 49.4 Å². The third-order valence-corrected chi connectivity index (χ3v) is 6.55. The zero-order valence-corrected chi connectivity index (χ0v) is 20.9. The molecule has 8 heteroatoms. The summed E-state index contributed by atoms with van der Waals surface area (Å²) in [6.45, 7) is 6.66. The standard InChI is InChI=1S/C24H29Cl2FN2O2S/c1-4-22(24(31)28-12-16(2)3)29(13-17-9-10-19(25)20(26)11-17)23(30)15-32-14-18-7-5-6-8-21(18)27/h5-11,16,22H,4,12-15H2,1-3H3,(H,28,31). The predicted octanol–water partition coefficient (Wildman–Crippen LogP) is 5.95. The summed E-state index contributed by atoms with van der Waals surface area (Å²) in [6, 6.07) is 11.1. The lowest BCUT2D eigenvalue weighted by Crippen LogP contribution is -2.50. The first-order valence-electron chi connectivity index (χ1n) is 10.5. The fourth-order valence-corrected chi connectivity index (χ4v) is 4.34. The van der Waals surface area contributed by atoms with E-state index < -0.39 is 6.04 Å². The predicted molar refractivity (Wildman–Crippen MR) is 132 cm³/mol.